The van der Waals surface area contributed by atoms with E-state index in [1.165, 1.54) is 7.11 Å². The van der Waals surface area contributed by atoms with Gasteiger partial charge in [0.2, 0.25) is 0 Å². The highest BCUT2D eigenvalue weighted by atomic mass is 79.9. The number of rotatable bonds is 6. The molecule has 0 fully saturated rings. The molecule has 0 radical (unpaired) electrons. The Morgan fingerprint density at radius 1 is 1.43 bits per heavy atom. The Kier molecular flexibility index (Phi) is 7.47. The molecule has 0 aromatic rings. The molecular weight excluding hydrogens is 252 g/mol. The maximum atomic E-state index is 11.2. The summed E-state index contributed by atoms with van der Waals surface area (Å²) >= 11 is 3.06. The van der Waals surface area contributed by atoms with E-state index in [0.29, 0.717) is 6.61 Å². The number of unbranched alkanes of at least 4 members (excludes halogenated alkanes) is 1. The topological polar surface area (TPSA) is 52.6 Å². The van der Waals surface area contributed by atoms with Crippen LogP contribution in [0, 0.1) is 0 Å². The van der Waals surface area contributed by atoms with Gasteiger partial charge in [0.25, 0.3) is 0 Å². The van der Waals surface area contributed by atoms with Gasteiger partial charge in [0.1, 0.15) is 4.83 Å². The van der Waals surface area contributed by atoms with Gasteiger partial charge in [0.15, 0.2) is 0 Å². The third kappa shape index (κ3) is 5.96. The third-order valence-electron chi connectivity index (χ3n) is 1.57. The second-order valence-electron chi connectivity index (χ2n) is 2.77. The monoisotopic (exact) mass is 266 g/mol. The molecule has 0 aliphatic heterocycles. The fraction of sp³-hybridized carbons (Fsp3) is 0.778. The lowest BCUT2D eigenvalue weighted by Crippen LogP contribution is -2.21. The number of esters is 2. The summed E-state index contributed by atoms with van der Waals surface area (Å²) in [7, 11) is 1.28. The summed E-state index contributed by atoms with van der Waals surface area (Å²) in [5.41, 5.74) is 0. The molecule has 0 aliphatic rings. The molecule has 5 heteroatoms. The van der Waals surface area contributed by atoms with Crippen molar-refractivity contribution >= 4 is 27.9 Å². The highest BCUT2D eigenvalue weighted by Crippen LogP contribution is 2.08. The van der Waals surface area contributed by atoms with Crippen molar-refractivity contribution in [2.24, 2.45) is 0 Å². The van der Waals surface area contributed by atoms with Crippen molar-refractivity contribution in [2.75, 3.05) is 13.7 Å². The van der Waals surface area contributed by atoms with Gasteiger partial charge in [-0.1, -0.05) is 29.3 Å². The molecule has 0 spiro atoms. The summed E-state index contributed by atoms with van der Waals surface area (Å²) in [6, 6.07) is 0. The minimum atomic E-state index is -0.605. The lowest BCUT2D eigenvalue weighted by atomic mass is 10.3. The summed E-state index contributed by atoms with van der Waals surface area (Å²) in [4.78, 5) is 21.4. The summed E-state index contributed by atoms with van der Waals surface area (Å²) in [5.74, 6) is -0.844. The van der Waals surface area contributed by atoms with Crippen LogP contribution in [0.1, 0.15) is 26.2 Å². The Morgan fingerprint density at radius 3 is 2.57 bits per heavy atom. The molecule has 0 heterocycles. The van der Waals surface area contributed by atoms with Crippen LogP contribution in [-0.4, -0.2) is 30.5 Å². The molecule has 14 heavy (non-hydrogen) atoms. The first kappa shape index (κ1) is 13.4. The quantitative estimate of drug-likeness (QED) is 0.417. The van der Waals surface area contributed by atoms with Gasteiger partial charge in [-0.25, -0.2) is 0 Å². The van der Waals surface area contributed by atoms with E-state index in [1.54, 1.807) is 0 Å². The van der Waals surface area contributed by atoms with E-state index in [1.807, 2.05) is 6.92 Å². The normalized spacial score (nSPS) is 11.9. The van der Waals surface area contributed by atoms with Crippen molar-refractivity contribution in [3.05, 3.63) is 0 Å². The lowest BCUT2D eigenvalue weighted by molar-refractivity contribution is -0.148. The fourth-order valence-electron chi connectivity index (χ4n) is 0.721. The Labute approximate surface area is 92.1 Å². The van der Waals surface area contributed by atoms with E-state index in [-0.39, 0.29) is 6.42 Å². The molecular formula is C9H15BrO4. The second-order valence-corrected chi connectivity index (χ2v) is 3.87. The maximum Gasteiger partial charge on any atom is 0.320 e. The average molecular weight is 267 g/mol. The Hall–Kier alpha value is -0.580. The minimum absolute atomic E-state index is 0.00145. The van der Waals surface area contributed by atoms with Gasteiger partial charge in [-0.15, -0.1) is 0 Å². The van der Waals surface area contributed by atoms with Crippen molar-refractivity contribution < 1.29 is 19.1 Å². The van der Waals surface area contributed by atoms with Crippen LogP contribution in [0.4, 0.5) is 0 Å². The van der Waals surface area contributed by atoms with Gasteiger partial charge >= 0.3 is 11.9 Å². The SMILES string of the molecule is CCCCOC(=O)[C@H](Br)CC(=O)OC. The molecule has 82 valence electrons. The molecule has 0 amide bonds. The van der Waals surface area contributed by atoms with Crippen molar-refractivity contribution in [1.82, 2.24) is 0 Å². The van der Waals surface area contributed by atoms with Gasteiger partial charge in [0.05, 0.1) is 20.1 Å². The number of carbonyl (C=O) groups is 2. The molecule has 0 aromatic heterocycles. The van der Waals surface area contributed by atoms with Gasteiger partial charge in [-0.05, 0) is 6.42 Å². The van der Waals surface area contributed by atoms with E-state index in [0.717, 1.165) is 12.8 Å². The largest absolute Gasteiger partial charge is 0.469 e. The highest BCUT2D eigenvalue weighted by Gasteiger charge is 2.20. The van der Waals surface area contributed by atoms with Crippen molar-refractivity contribution in [3.8, 4) is 0 Å². The highest BCUT2D eigenvalue weighted by molar-refractivity contribution is 9.10. The lowest BCUT2D eigenvalue weighted by Gasteiger charge is -2.08. The first-order valence-corrected chi connectivity index (χ1v) is 5.40. The molecule has 0 unspecified atom stereocenters. The molecule has 4 nitrogen and oxygen atoms in total. The average Bonchev–Trinajstić information content (AvgIpc) is 2.17. The van der Waals surface area contributed by atoms with Crippen LogP contribution in [0.3, 0.4) is 0 Å². The van der Waals surface area contributed by atoms with E-state index < -0.39 is 16.8 Å². The zero-order valence-electron chi connectivity index (χ0n) is 8.42. The number of methoxy groups -OCH3 is 1. The van der Waals surface area contributed by atoms with Crippen LogP contribution in [0.2, 0.25) is 0 Å². The van der Waals surface area contributed by atoms with E-state index in [9.17, 15) is 9.59 Å². The number of ether oxygens (including phenoxy) is 2. The van der Waals surface area contributed by atoms with E-state index in [4.69, 9.17) is 4.74 Å². The van der Waals surface area contributed by atoms with Crippen molar-refractivity contribution in [2.45, 2.75) is 31.0 Å². The number of halogens is 1. The predicted molar refractivity (Wildman–Crippen MR) is 55.2 cm³/mol. The molecule has 0 aromatic carbocycles. The summed E-state index contributed by atoms with van der Waals surface area (Å²) in [5, 5.41) is 0. The minimum Gasteiger partial charge on any atom is -0.469 e. The smallest absolute Gasteiger partial charge is 0.320 e. The van der Waals surface area contributed by atoms with Crippen LogP contribution in [0.5, 0.6) is 0 Å². The molecule has 0 bridgehead atoms. The van der Waals surface area contributed by atoms with Crippen LogP contribution in [0.15, 0.2) is 0 Å². The molecule has 0 aliphatic carbocycles. The Balaban J connectivity index is 3.70. The van der Waals surface area contributed by atoms with Crippen molar-refractivity contribution in [1.29, 1.82) is 0 Å². The zero-order chi connectivity index (χ0) is 11.0. The van der Waals surface area contributed by atoms with Gasteiger partial charge in [-0.3, -0.25) is 9.59 Å². The van der Waals surface area contributed by atoms with Crippen LogP contribution in [-0.2, 0) is 19.1 Å². The molecule has 1 atom stereocenters. The van der Waals surface area contributed by atoms with Crippen LogP contribution < -0.4 is 0 Å². The Bertz CT molecular complexity index is 193. The summed E-state index contributed by atoms with van der Waals surface area (Å²) in [6.45, 7) is 2.41. The molecule has 0 saturated carbocycles. The Morgan fingerprint density at radius 2 is 2.07 bits per heavy atom. The molecule has 0 saturated heterocycles. The maximum absolute atomic E-state index is 11.2. The van der Waals surface area contributed by atoms with Crippen molar-refractivity contribution in [3.63, 3.8) is 0 Å². The molecule has 0 rings (SSSR count). The number of hydrogen-bond acceptors (Lipinski definition) is 4. The molecule has 0 N–H and O–H groups in total. The van der Waals surface area contributed by atoms with Gasteiger partial charge in [-0.2, -0.15) is 0 Å². The summed E-state index contributed by atoms with van der Waals surface area (Å²) < 4.78 is 9.32. The number of hydrogen-bond donors (Lipinski definition) is 0. The zero-order valence-corrected chi connectivity index (χ0v) is 10.0. The van der Waals surface area contributed by atoms with E-state index >= 15 is 0 Å². The van der Waals surface area contributed by atoms with Gasteiger partial charge in [0, 0.05) is 0 Å². The predicted octanol–water partition coefficient (Wildman–Crippen LogP) is 1.66. The van der Waals surface area contributed by atoms with Crippen LogP contribution in [0.25, 0.3) is 0 Å². The fourth-order valence-corrected chi connectivity index (χ4v) is 1.12. The van der Waals surface area contributed by atoms with E-state index in [2.05, 4.69) is 20.7 Å². The summed E-state index contributed by atoms with van der Waals surface area (Å²) in [6.07, 6.45) is 1.81. The first-order chi connectivity index (χ1) is 6.61. The number of alkyl halides is 1. The standard InChI is InChI=1S/C9H15BrO4/c1-3-4-5-14-9(12)7(10)6-8(11)13-2/h7H,3-6H2,1-2H3/t7-/m1/s1. The third-order valence-corrected chi connectivity index (χ3v) is 2.27. The van der Waals surface area contributed by atoms with Gasteiger partial charge < -0.3 is 9.47 Å². The first-order valence-electron chi connectivity index (χ1n) is 4.49. The number of carbonyl (C=O) groups excluding carboxylic acids is 2. The second kappa shape index (κ2) is 7.79. The van der Waals surface area contributed by atoms with Crippen LogP contribution >= 0.6 is 15.9 Å².